The monoisotopic (exact) mass is 192 g/mol. The van der Waals surface area contributed by atoms with Gasteiger partial charge in [0, 0.05) is 0 Å². The lowest BCUT2D eigenvalue weighted by atomic mass is 10.2. The minimum atomic E-state index is 0.0775. The third kappa shape index (κ3) is 3.62. The molecule has 1 aromatic carbocycles. The summed E-state index contributed by atoms with van der Waals surface area (Å²) in [6.45, 7) is 2.91. The van der Waals surface area contributed by atoms with Crippen LogP contribution < -0.4 is 4.74 Å². The third-order valence-corrected chi connectivity index (χ3v) is 1.77. The number of aliphatic hydroxyl groups excluding tert-OH is 1. The van der Waals surface area contributed by atoms with Crippen molar-refractivity contribution >= 4 is 6.08 Å². The van der Waals surface area contributed by atoms with Crippen LogP contribution in [-0.2, 0) is 0 Å². The molecule has 2 nitrogen and oxygen atoms in total. The highest BCUT2D eigenvalue weighted by molar-refractivity contribution is 5.50. The lowest BCUT2D eigenvalue weighted by molar-refractivity contribution is 0.317. The average molecular weight is 192 g/mol. The Labute approximate surface area is 84.8 Å². The van der Waals surface area contributed by atoms with Gasteiger partial charge in [-0.05, 0) is 24.1 Å². The molecule has 0 saturated carbocycles. The Hall–Kier alpha value is -1.28. The summed E-state index contributed by atoms with van der Waals surface area (Å²) in [4.78, 5) is 0. The van der Waals surface area contributed by atoms with Gasteiger partial charge in [-0.1, -0.05) is 31.2 Å². The zero-order valence-corrected chi connectivity index (χ0v) is 8.44. The molecule has 0 heterocycles. The fourth-order valence-corrected chi connectivity index (χ4v) is 1.08. The predicted molar refractivity (Wildman–Crippen MR) is 58.3 cm³/mol. The van der Waals surface area contributed by atoms with Crippen molar-refractivity contribution in [2.45, 2.75) is 13.3 Å². The van der Waals surface area contributed by atoms with E-state index < -0.39 is 0 Å². The summed E-state index contributed by atoms with van der Waals surface area (Å²) in [6.07, 6.45) is 4.61. The number of hydrogen-bond donors (Lipinski definition) is 1. The summed E-state index contributed by atoms with van der Waals surface area (Å²) in [5.74, 6) is 0.896. The molecule has 1 aromatic rings. The number of benzene rings is 1. The molecule has 1 N–H and O–H groups in total. The van der Waals surface area contributed by atoms with Crippen LogP contribution in [0.4, 0.5) is 0 Å². The maximum Gasteiger partial charge on any atom is 0.119 e. The van der Waals surface area contributed by atoms with Crippen LogP contribution in [0.2, 0.25) is 0 Å². The number of aliphatic hydroxyl groups is 1. The van der Waals surface area contributed by atoms with Crippen LogP contribution in [0.3, 0.4) is 0 Å². The molecule has 0 aromatic heterocycles. The second-order valence-electron chi connectivity index (χ2n) is 3.00. The minimum absolute atomic E-state index is 0.0775. The number of hydrogen-bond acceptors (Lipinski definition) is 2. The van der Waals surface area contributed by atoms with E-state index in [1.54, 1.807) is 6.08 Å². The number of rotatable bonds is 5. The molecule has 76 valence electrons. The number of ether oxygens (including phenoxy) is 1. The Bertz CT molecular complexity index is 275. The van der Waals surface area contributed by atoms with Gasteiger partial charge < -0.3 is 9.84 Å². The van der Waals surface area contributed by atoms with E-state index in [-0.39, 0.29) is 6.61 Å². The molecule has 2 heteroatoms. The molecule has 0 fully saturated rings. The molecule has 0 amide bonds. The molecule has 0 saturated heterocycles. The highest BCUT2D eigenvalue weighted by Gasteiger charge is 1.91. The summed E-state index contributed by atoms with van der Waals surface area (Å²) < 4.78 is 5.44. The molecule has 14 heavy (non-hydrogen) atoms. The average Bonchev–Trinajstić information content (AvgIpc) is 2.25. The lowest BCUT2D eigenvalue weighted by Gasteiger charge is -2.03. The SMILES string of the molecule is CCCOc1ccc(C=CCO)cc1. The molecular weight excluding hydrogens is 176 g/mol. The van der Waals surface area contributed by atoms with E-state index in [1.165, 1.54) is 0 Å². The van der Waals surface area contributed by atoms with Crippen molar-refractivity contribution in [3.05, 3.63) is 35.9 Å². The first-order chi connectivity index (χ1) is 6.86. The van der Waals surface area contributed by atoms with Gasteiger partial charge in [0.1, 0.15) is 5.75 Å². The van der Waals surface area contributed by atoms with E-state index in [0.717, 1.165) is 24.3 Å². The van der Waals surface area contributed by atoms with Crippen LogP contribution in [0.5, 0.6) is 5.75 Å². The summed E-state index contributed by atoms with van der Waals surface area (Å²) >= 11 is 0. The van der Waals surface area contributed by atoms with Gasteiger partial charge >= 0.3 is 0 Å². The van der Waals surface area contributed by atoms with Crippen molar-refractivity contribution in [3.63, 3.8) is 0 Å². The molecule has 1 rings (SSSR count). The molecule has 0 aliphatic heterocycles. The Morgan fingerprint density at radius 3 is 2.57 bits per heavy atom. The highest BCUT2D eigenvalue weighted by Crippen LogP contribution is 2.13. The summed E-state index contributed by atoms with van der Waals surface area (Å²) in [6, 6.07) is 7.81. The largest absolute Gasteiger partial charge is 0.494 e. The Kier molecular flexibility index (Phi) is 4.79. The fraction of sp³-hybridized carbons (Fsp3) is 0.333. The van der Waals surface area contributed by atoms with Gasteiger partial charge in [0.25, 0.3) is 0 Å². The Balaban J connectivity index is 2.54. The summed E-state index contributed by atoms with van der Waals surface area (Å²) in [5.41, 5.74) is 1.07. The van der Waals surface area contributed by atoms with Gasteiger partial charge in [0.2, 0.25) is 0 Å². The molecule has 0 spiro atoms. The van der Waals surface area contributed by atoms with E-state index in [1.807, 2.05) is 30.3 Å². The van der Waals surface area contributed by atoms with Gasteiger partial charge in [0.15, 0.2) is 0 Å². The molecule has 0 unspecified atom stereocenters. The summed E-state index contributed by atoms with van der Waals surface area (Å²) in [7, 11) is 0. The van der Waals surface area contributed by atoms with Gasteiger partial charge in [0.05, 0.1) is 13.2 Å². The minimum Gasteiger partial charge on any atom is -0.494 e. The fourth-order valence-electron chi connectivity index (χ4n) is 1.08. The molecule has 0 atom stereocenters. The zero-order valence-electron chi connectivity index (χ0n) is 8.44. The molecule has 0 aliphatic carbocycles. The second-order valence-corrected chi connectivity index (χ2v) is 3.00. The van der Waals surface area contributed by atoms with Gasteiger partial charge in [-0.2, -0.15) is 0 Å². The van der Waals surface area contributed by atoms with E-state index in [9.17, 15) is 0 Å². The molecule has 0 aliphatic rings. The highest BCUT2D eigenvalue weighted by atomic mass is 16.5. The van der Waals surface area contributed by atoms with Crippen LogP contribution in [0, 0.1) is 0 Å². The first-order valence-electron chi connectivity index (χ1n) is 4.87. The van der Waals surface area contributed by atoms with E-state index in [0.29, 0.717) is 0 Å². The maximum atomic E-state index is 8.59. The molecule has 0 radical (unpaired) electrons. The Morgan fingerprint density at radius 1 is 1.29 bits per heavy atom. The topological polar surface area (TPSA) is 29.5 Å². The molecular formula is C12H16O2. The Morgan fingerprint density at radius 2 is 2.00 bits per heavy atom. The quantitative estimate of drug-likeness (QED) is 0.776. The van der Waals surface area contributed by atoms with Crippen molar-refractivity contribution in [1.82, 2.24) is 0 Å². The van der Waals surface area contributed by atoms with Gasteiger partial charge in [-0.15, -0.1) is 0 Å². The second kappa shape index (κ2) is 6.22. The lowest BCUT2D eigenvalue weighted by Crippen LogP contribution is -1.94. The van der Waals surface area contributed by atoms with Crippen LogP contribution in [0.25, 0.3) is 6.08 Å². The van der Waals surface area contributed by atoms with Crippen LogP contribution >= 0.6 is 0 Å². The van der Waals surface area contributed by atoms with Gasteiger partial charge in [-0.25, -0.2) is 0 Å². The maximum absolute atomic E-state index is 8.59. The van der Waals surface area contributed by atoms with Crippen molar-refractivity contribution in [2.75, 3.05) is 13.2 Å². The van der Waals surface area contributed by atoms with Gasteiger partial charge in [-0.3, -0.25) is 0 Å². The van der Waals surface area contributed by atoms with Crippen molar-refractivity contribution in [3.8, 4) is 5.75 Å². The van der Waals surface area contributed by atoms with E-state index in [4.69, 9.17) is 9.84 Å². The first-order valence-corrected chi connectivity index (χ1v) is 4.87. The van der Waals surface area contributed by atoms with Crippen molar-refractivity contribution in [1.29, 1.82) is 0 Å². The normalized spacial score (nSPS) is 10.7. The van der Waals surface area contributed by atoms with Crippen LogP contribution in [0.1, 0.15) is 18.9 Å². The smallest absolute Gasteiger partial charge is 0.119 e. The third-order valence-electron chi connectivity index (χ3n) is 1.77. The first kappa shape index (κ1) is 10.8. The van der Waals surface area contributed by atoms with Crippen molar-refractivity contribution in [2.24, 2.45) is 0 Å². The van der Waals surface area contributed by atoms with Crippen LogP contribution in [-0.4, -0.2) is 18.3 Å². The van der Waals surface area contributed by atoms with E-state index in [2.05, 4.69) is 6.92 Å². The molecule has 0 bridgehead atoms. The van der Waals surface area contributed by atoms with E-state index >= 15 is 0 Å². The predicted octanol–water partition coefficient (Wildman–Crippen LogP) is 2.48. The van der Waals surface area contributed by atoms with Crippen LogP contribution in [0.15, 0.2) is 30.3 Å². The standard InChI is InChI=1S/C12H16O2/c1-2-10-14-12-7-5-11(6-8-12)4-3-9-13/h3-8,13H,2,9-10H2,1H3. The zero-order chi connectivity index (χ0) is 10.2. The summed E-state index contributed by atoms with van der Waals surface area (Å²) in [5, 5.41) is 8.59. The van der Waals surface area contributed by atoms with Crippen molar-refractivity contribution < 1.29 is 9.84 Å².